The molecule has 1 saturated heterocycles. The number of rotatable bonds is 5. The number of nitrogens with zero attached hydrogens (tertiary/aromatic N) is 3. The lowest BCUT2D eigenvalue weighted by Gasteiger charge is -2.28. The van der Waals surface area contributed by atoms with E-state index in [-0.39, 0.29) is 30.8 Å². The van der Waals surface area contributed by atoms with E-state index in [1.165, 1.54) is 4.90 Å². The number of carbonyl (C=O) groups excluding carboxylic acids is 3. The molecule has 4 amide bonds. The van der Waals surface area contributed by atoms with E-state index in [1.807, 2.05) is 38.1 Å². The standard InChI is InChI=1S/C18H23N3O3/c1-3-19(4-2)16(22)9-10-20-17(23)15-11-13-7-5-6-8-14(13)12-21(15)18(20)24/h5-8,15H,3-4,9-12H2,1-2H3/t15-/m0/s1. The fourth-order valence-electron chi connectivity index (χ4n) is 3.52. The lowest BCUT2D eigenvalue weighted by molar-refractivity contribution is -0.132. The minimum atomic E-state index is -0.420. The predicted octanol–water partition coefficient (Wildman–Crippen LogP) is 1.63. The number of imide groups is 1. The van der Waals surface area contributed by atoms with Crippen LogP contribution in [-0.4, -0.2) is 58.2 Å². The van der Waals surface area contributed by atoms with Gasteiger partial charge in [-0.25, -0.2) is 4.79 Å². The van der Waals surface area contributed by atoms with Crippen LogP contribution in [0.5, 0.6) is 0 Å². The van der Waals surface area contributed by atoms with Crippen molar-refractivity contribution in [2.45, 2.75) is 39.3 Å². The van der Waals surface area contributed by atoms with Crippen molar-refractivity contribution in [1.29, 1.82) is 0 Å². The first-order chi connectivity index (χ1) is 11.6. The van der Waals surface area contributed by atoms with Crippen LogP contribution in [0.2, 0.25) is 0 Å². The van der Waals surface area contributed by atoms with E-state index < -0.39 is 6.04 Å². The Kier molecular flexibility index (Phi) is 4.55. The van der Waals surface area contributed by atoms with Crippen molar-refractivity contribution in [2.75, 3.05) is 19.6 Å². The lowest BCUT2D eigenvalue weighted by atomic mass is 9.95. The highest BCUT2D eigenvalue weighted by Crippen LogP contribution is 2.30. The smallest absolute Gasteiger partial charge is 0.327 e. The highest BCUT2D eigenvalue weighted by molar-refractivity contribution is 6.04. The molecular weight excluding hydrogens is 306 g/mol. The van der Waals surface area contributed by atoms with Gasteiger partial charge in [-0.05, 0) is 25.0 Å². The van der Waals surface area contributed by atoms with Gasteiger partial charge in [0.2, 0.25) is 5.91 Å². The molecule has 0 N–H and O–H groups in total. The summed E-state index contributed by atoms with van der Waals surface area (Å²) < 4.78 is 0. The monoisotopic (exact) mass is 329 g/mol. The molecule has 3 rings (SSSR count). The molecule has 0 aromatic heterocycles. The second-order valence-corrected chi connectivity index (χ2v) is 6.21. The quantitative estimate of drug-likeness (QED) is 0.772. The average molecular weight is 329 g/mol. The Morgan fingerprint density at radius 2 is 1.83 bits per heavy atom. The second-order valence-electron chi connectivity index (χ2n) is 6.21. The summed E-state index contributed by atoms with van der Waals surface area (Å²) in [6.45, 7) is 5.75. The van der Waals surface area contributed by atoms with Gasteiger partial charge in [0.25, 0.3) is 5.91 Å². The summed E-state index contributed by atoms with van der Waals surface area (Å²) in [5.41, 5.74) is 2.22. The number of carbonyl (C=O) groups is 3. The minimum absolute atomic E-state index is 0.0197. The molecule has 0 unspecified atom stereocenters. The summed E-state index contributed by atoms with van der Waals surface area (Å²) in [7, 11) is 0. The molecule has 2 aliphatic rings. The number of urea groups is 1. The van der Waals surface area contributed by atoms with Gasteiger partial charge < -0.3 is 9.80 Å². The van der Waals surface area contributed by atoms with E-state index in [1.54, 1.807) is 9.80 Å². The van der Waals surface area contributed by atoms with Crippen LogP contribution in [0, 0.1) is 0 Å². The topological polar surface area (TPSA) is 60.9 Å². The lowest BCUT2D eigenvalue weighted by Crippen LogP contribution is -2.40. The van der Waals surface area contributed by atoms with Crippen molar-refractivity contribution >= 4 is 17.8 Å². The van der Waals surface area contributed by atoms with Crippen LogP contribution in [-0.2, 0) is 22.6 Å². The van der Waals surface area contributed by atoms with Gasteiger partial charge in [0, 0.05) is 39.0 Å². The molecule has 24 heavy (non-hydrogen) atoms. The molecule has 128 valence electrons. The predicted molar refractivity (Wildman–Crippen MR) is 89.1 cm³/mol. The van der Waals surface area contributed by atoms with Crippen molar-refractivity contribution < 1.29 is 14.4 Å². The first-order valence-corrected chi connectivity index (χ1v) is 8.53. The van der Waals surface area contributed by atoms with E-state index in [0.29, 0.717) is 26.1 Å². The summed E-state index contributed by atoms with van der Waals surface area (Å²) >= 11 is 0. The first-order valence-electron chi connectivity index (χ1n) is 8.53. The number of benzene rings is 1. The maximum Gasteiger partial charge on any atom is 0.327 e. The Morgan fingerprint density at radius 1 is 1.17 bits per heavy atom. The molecule has 0 bridgehead atoms. The van der Waals surface area contributed by atoms with Crippen LogP contribution < -0.4 is 0 Å². The molecule has 6 nitrogen and oxygen atoms in total. The van der Waals surface area contributed by atoms with Crippen LogP contribution in [0.25, 0.3) is 0 Å². The van der Waals surface area contributed by atoms with Crippen LogP contribution in [0.4, 0.5) is 4.79 Å². The summed E-state index contributed by atoms with van der Waals surface area (Å²) in [5.74, 6) is -0.199. The number of hydrogen-bond donors (Lipinski definition) is 0. The summed E-state index contributed by atoms with van der Waals surface area (Å²) in [6.07, 6.45) is 0.744. The molecule has 0 radical (unpaired) electrons. The molecular formula is C18H23N3O3. The van der Waals surface area contributed by atoms with Crippen molar-refractivity contribution in [3.8, 4) is 0 Å². The van der Waals surface area contributed by atoms with Gasteiger partial charge in [-0.1, -0.05) is 24.3 Å². The Balaban J connectivity index is 1.69. The van der Waals surface area contributed by atoms with Gasteiger partial charge in [0.05, 0.1) is 0 Å². The zero-order chi connectivity index (χ0) is 17.3. The highest BCUT2D eigenvalue weighted by atomic mass is 16.2. The number of fused-ring (bicyclic) bond motifs is 2. The second kappa shape index (κ2) is 6.63. The number of amides is 4. The van der Waals surface area contributed by atoms with Gasteiger partial charge in [0.15, 0.2) is 0 Å². The van der Waals surface area contributed by atoms with E-state index in [2.05, 4.69) is 0 Å². The Bertz CT molecular complexity index is 626. The summed E-state index contributed by atoms with van der Waals surface area (Å²) in [4.78, 5) is 41.9. The van der Waals surface area contributed by atoms with Gasteiger partial charge in [-0.3, -0.25) is 14.5 Å². The van der Waals surface area contributed by atoms with Crippen LogP contribution in [0.15, 0.2) is 24.3 Å². The van der Waals surface area contributed by atoms with E-state index >= 15 is 0 Å². The molecule has 1 aromatic carbocycles. The van der Waals surface area contributed by atoms with Gasteiger partial charge in [0.1, 0.15) is 6.04 Å². The fourth-order valence-corrected chi connectivity index (χ4v) is 3.52. The molecule has 2 heterocycles. The Morgan fingerprint density at radius 3 is 2.50 bits per heavy atom. The average Bonchev–Trinajstić information content (AvgIpc) is 2.83. The van der Waals surface area contributed by atoms with Crippen molar-refractivity contribution in [3.05, 3.63) is 35.4 Å². The van der Waals surface area contributed by atoms with Crippen molar-refractivity contribution in [2.24, 2.45) is 0 Å². The molecule has 6 heteroatoms. The third-order valence-corrected chi connectivity index (χ3v) is 4.94. The van der Waals surface area contributed by atoms with Crippen LogP contribution in [0.1, 0.15) is 31.4 Å². The highest BCUT2D eigenvalue weighted by Gasteiger charge is 2.46. The SMILES string of the molecule is CCN(CC)C(=O)CCN1C(=O)[C@@H]2Cc3ccccc3CN2C1=O. The van der Waals surface area contributed by atoms with Crippen LogP contribution in [0.3, 0.4) is 0 Å². The molecule has 0 saturated carbocycles. The zero-order valence-corrected chi connectivity index (χ0v) is 14.2. The van der Waals surface area contributed by atoms with Crippen molar-refractivity contribution in [1.82, 2.24) is 14.7 Å². The van der Waals surface area contributed by atoms with E-state index in [4.69, 9.17) is 0 Å². The Labute approximate surface area is 142 Å². The normalized spacial score (nSPS) is 19.3. The first kappa shape index (κ1) is 16.5. The molecule has 1 atom stereocenters. The number of hydrogen-bond acceptors (Lipinski definition) is 3. The Hall–Kier alpha value is -2.37. The maximum absolute atomic E-state index is 12.6. The van der Waals surface area contributed by atoms with E-state index in [9.17, 15) is 14.4 Å². The van der Waals surface area contributed by atoms with Crippen molar-refractivity contribution in [3.63, 3.8) is 0 Å². The molecule has 1 aromatic rings. The van der Waals surface area contributed by atoms with Gasteiger partial charge in [-0.15, -0.1) is 0 Å². The van der Waals surface area contributed by atoms with E-state index in [0.717, 1.165) is 11.1 Å². The fraction of sp³-hybridized carbons (Fsp3) is 0.500. The minimum Gasteiger partial charge on any atom is -0.343 e. The summed E-state index contributed by atoms with van der Waals surface area (Å²) in [5, 5.41) is 0. The largest absolute Gasteiger partial charge is 0.343 e. The van der Waals surface area contributed by atoms with Gasteiger partial charge >= 0.3 is 6.03 Å². The van der Waals surface area contributed by atoms with Crippen LogP contribution >= 0.6 is 0 Å². The summed E-state index contributed by atoms with van der Waals surface area (Å²) in [6, 6.07) is 7.22. The molecule has 0 aliphatic carbocycles. The maximum atomic E-state index is 12.6. The molecule has 0 spiro atoms. The third-order valence-electron chi connectivity index (χ3n) is 4.94. The zero-order valence-electron chi connectivity index (χ0n) is 14.2. The van der Waals surface area contributed by atoms with Gasteiger partial charge in [-0.2, -0.15) is 0 Å². The molecule has 1 fully saturated rings. The molecule has 2 aliphatic heterocycles. The third kappa shape index (κ3) is 2.77.